The number of hydrogen-bond acceptors (Lipinski definition) is 5. The van der Waals surface area contributed by atoms with Crippen molar-refractivity contribution in [1.82, 2.24) is 14.8 Å². The van der Waals surface area contributed by atoms with Gasteiger partial charge in [-0.25, -0.2) is 0 Å². The molecule has 0 aliphatic rings. The maximum Gasteiger partial charge on any atom is 0.234 e. The van der Waals surface area contributed by atoms with Gasteiger partial charge in [-0.05, 0) is 67.3 Å². The zero-order chi connectivity index (χ0) is 21.7. The van der Waals surface area contributed by atoms with E-state index in [1.54, 1.807) is 7.11 Å². The Balaban J connectivity index is 1.74. The van der Waals surface area contributed by atoms with E-state index in [0.29, 0.717) is 5.92 Å². The molecular formula is C23H28N4O2S. The Bertz CT molecular complexity index is 992. The molecule has 1 N–H and O–H groups in total. The maximum atomic E-state index is 12.5. The third kappa shape index (κ3) is 5.63. The van der Waals surface area contributed by atoms with Crippen LogP contribution in [0.15, 0.2) is 47.6 Å². The van der Waals surface area contributed by atoms with Crippen molar-refractivity contribution in [2.75, 3.05) is 18.2 Å². The van der Waals surface area contributed by atoms with Gasteiger partial charge in [0.05, 0.1) is 12.9 Å². The zero-order valence-corrected chi connectivity index (χ0v) is 18.9. The van der Waals surface area contributed by atoms with Crippen molar-refractivity contribution in [2.24, 2.45) is 5.92 Å². The van der Waals surface area contributed by atoms with Gasteiger partial charge in [0, 0.05) is 17.8 Å². The van der Waals surface area contributed by atoms with E-state index < -0.39 is 0 Å². The first-order valence-corrected chi connectivity index (χ1v) is 10.9. The maximum absolute atomic E-state index is 12.5. The van der Waals surface area contributed by atoms with E-state index in [2.05, 4.69) is 40.0 Å². The molecule has 1 amide bonds. The second kappa shape index (κ2) is 9.80. The molecule has 1 heterocycles. The molecule has 6 nitrogen and oxygen atoms in total. The number of thioether (sulfide) groups is 1. The van der Waals surface area contributed by atoms with E-state index in [1.807, 2.05) is 50.2 Å². The van der Waals surface area contributed by atoms with Crippen molar-refractivity contribution in [2.45, 2.75) is 39.4 Å². The summed E-state index contributed by atoms with van der Waals surface area (Å²) in [6, 6.07) is 13.8. The first kappa shape index (κ1) is 21.9. The normalized spacial score (nSPS) is 11.0. The predicted octanol–water partition coefficient (Wildman–Crippen LogP) is 4.96. The van der Waals surface area contributed by atoms with E-state index >= 15 is 0 Å². The van der Waals surface area contributed by atoms with E-state index in [9.17, 15) is 4.79 Å². The number of anilines is 1. The Labute approximate surface area is 182 Å². The number of ether oxygens (including phenoxy) is 1. The van der Waals surface area contributed by atoms with Crippen LogP contribution in [0.5, 0.6) is 5.75 Å². The van der Waals surface area contributed by atoms with Crippen molar-refractivity contribution < 1.29 is 9.53 Å². The Morgan fingerprint density at radius 1 is 1.10 bits per heavy atom. The number of amides is 1. The largest absolute Gasteiger partial charge is 0.497 e. The summed E-state index contributed by atoms with van der Waals surface area (Å²) < 4.78 is 7.33. The summed E-state index contributed by atoms with van der Waals surface area (Å²) >= 11 is 1.40. The second-order valence-electron chi connectivity index (χ2n) is 7.75. The predicted molar refractivity (Wildman–Crippen MR) is 122 cm³/mol. The molecule has 0 saturated carbocycles. The topological polar surface area (TPSA) is 69.0 Å². The number of nitrogens with zero attached hydrogens (tertiary/aromatic N) is 3. The number of aromatic nitrogens is 3. The molecule has 0 aliphatic carbocycles. The lowest BCUT2D eigenvalue weighted by Gasteiger charge is -2.13. The summed E-state index contributed by atoms with van der Waals surface area (Å²) in [5.74, 6) is 2.22. The summed E-state index contributed by atoms with van der Waals surface area (Å²) in [6.45, 7) is 9.12. The molecule has 0 saturated heterocycles. The third-order valence-corrected chi connectivity index (χ3v) is 5.42. The van der Waals surface area contributed by atoms with E-state index in [0.717, 1.165) is 45.7 Å². The van der Waals surface area contributed by atoms with Crippen molar-refractivity contribution in [3.63, 3.8) is 0 Å². The smallest absolute Gasteiger partial charge is 0.234 e. The van der Waals surface area contributed by atoms with Crippen LogP contribution in [0.4, 0.5) is 5.69 Å². The highest BCUT2D eigenvalue weighted by atomic mass is 32.2. The molecular weight excluding hydrogens is 396 g/mol. The first-order valence-electron chi connectivity index (χ1n) is 9.94. The van der Waals surface area contributed by atoms with Crippen molar-refractivity contribution in [1.29, 1.82) is 0 Å². The highest BCUT2D eigenvalue weighted by molar-refractivity contribution is 7.99. The molecule has 0 aliphatic heterocycles. The first-order chi connectivity index (χ1) is 14.4. The molecule has 30 heavy (non-hydrogen) atoms. The fraction of sp³-hybridized carbons (Fsp3) is 0.348. The average Bonchev–Trinajstić information content (AvgIpc) is 3.07. The highest BCUT2D eigenvalue weighted by Crippen LogP contribution is 2.27. The SMILES string of the molecule is COc1ccc(-c2nnc(SCC(=O)Nc3cc(C)cc(C)c3)n2CC(C)C)cc1. The van der Waals surface area contributed by atoms with E-state index in [1.165, 1.54) is 11.8 Å². The summed E-state index contributed by atoms with van der Waals surface area (Å²) in [5.41, 5.74) is 4.04. The lowest BCUT2D eigenvalue weighted by Crippen LogP contribution is -2.15. The molecule has 3 rings (SSSR count). The third-order valence-electron chi connectivity index (χ3n) is 4.45. The van der Waals surface area contributed by atoms with Gasteiger partial charge in [-0.1, -0.05) is 31.7 Å². The van der Waals surface area contributed by atoms with Crippen LogP contribution in [-0.4, -0.2) is 33.5 Å². The van der Waals surface area contributed by atoms with Crippen LogP contribution >= 0.6 is 11.8 Å². The van der Waals surface area contributed by atoms with E-state index in [-0.39, 0.29) is 11.7 Å². The van der Waals surface area contributed by atoms with Gasteiger partial charge in [-0.2, -0.15) is 0 Å². The quantitative estimate of drug-likeness (QED) is 0.518. The summed E-state index contributed by atoms with van der Waals surface area (Å²) in [4.78, 5) is 12.5. The van der Waals surface area contributed by atoms with Crippen molar-refractivity contribution in [3.8, 4) is 17.1 Å². The number of aryl methyl sites for hydroxylation is 2. The van der Waals surface area contributed by atoms with Gasteiger partial charge >= 0.3 is 0 Å². The molecule has 3 aromatic rings. The monoisotopic (exact) mass is 424 g/mol. The standard InChI is InChI=1S/C23H28N4O2S/c1-15(2)13-27-22(18-6-8-20(29-5)9-7-18)25-26-23(27)30-14-21(28)24-19-11-16(3)10-17(4)12-19/h6-12,15H,13-14H2,1-5H3,(H,24,28). The van der Waals surface area contributed by atoms with E-state index in [4.69, 9.17) is 4.74 Å². The minimum absolute atomic E-state index is 0.0601. The zero-order valence-electron chi connectivity index (χ0n) is 18.1. The minimum atomic E-state index is -0.0601. The van der Waals surface area contributed by atoms with Crippen LogP contribution < -0.4 is 10.1 Å². The Morgan fingerprint density at radius 3 is 2.37 bits per heavy atom. The fourth-order valence-corrected chi connectivity index (χ4v) is 4.00. The van der Waals surface area contributed by atoms with Gasteiger partial charge in [0.15, 0.2) is 11.0 Å². The van der Waals surface area contributed by atoms with Crippen LogP contribution in [0.25, 0.3) is 11.4 Å². The van der Waals surface area contributed by atoms with Gasteiger partial charge in [0.2, 0.25) is 5.91 Å². The molecule has 158 valence electrons. The molecule has 0 unspecified atom stereocenters. The molecule has 2 aromatic carbocycles. The van der Waals surface area contributed by atoms with Crippen molar-refractivity contribution in [3.05, 3.63) is 53.6 Å². The number of carbonyl (C=O) groups excluding carboxylic acids is 1. The molecule has 0 bridgehead atoms. The highest BCUT2D eigenvalue weighted by Gasteiger charge is 2.17. The number of methoxy groups -OCH3 is 1. The number of carbonyl (C=O) groups is 1. The van der Waals surface area contributed by atoms with Crippen molar-refractivity contribution >= 4 is 23.4 Å². The molecule has 1 aromatic heterocycles. The van der Waals surface area contributed by atoms with Crippen LogP contribution in [0.1, 0.15) is 25.0 Å². The molecule has 0 atom stereocenters. The van der Waals surface area contributed by atoms with Crippen LogP contribution in [0, 0.1) is 19.8 Å². The summed E-state index contributed by atoms with van der Waals surface area (Å²) in [6.07, 6.45) is 0. The van der Waals surface area contributed by atoms with Gasteiger partial charge < -0.3 is 14.6 Å². The van der Waals surface area contributed by atoms with Crippen LogP contribution in [0.2, 0.25) is 0 Å². The number of nitrogens with one attached hydrogen (secondary N) is 1. The van der Waals surface area contributed by atoms with Gasteiger partial charge in [0.25, 0.3) is 0 Å². The fourth-order valence-electron chi connectivity index (χ4n) is 3.25. The summed E-state index contributed by atoms with van der Waals surface area (Å²) in [7, 11) is 1.65. The summed E-state index contributed by atoms with van der Waals surface area (Å²) in [5, 5.41) is 12.5. The Kier molecular flexibility index (Phi) is 7.15. The van der Waals surface area contributed by atoms with Gasteiger partial charge in [0.1, 0.15) is 5.75 Å². The van der Waals surface area contributed by atoms with Gasteiger partial charge in [-0.3, -0.25) is 4.79 Å². The van der Waals surface area contributed by atoms with Crippen LogP contribution in [0.3, 0.4) is 0 Å². The lowest BCUT2D eigenvalue weighted by atomic mass is 10.1. The average molecular weight is 425 g/mol. The molecule has 0 fully saturated rings. The Hall–Kier alpha value is -2.80. The molecule has 0 radical (unpaired) electrons. The molecule has 0 spiro atoms. The number of benzene rings is 2. The second-order valence-corrected chi connectivity index (χ2v) is 8.69. The Morgan fingerprint density at radius 2 is 1.77 bits per heavy atom. The van der Waals surface area contributed by atoms with Crippen LogP contribution in [-0.2, 0) is 11.3 Å². The van der Waals surface area contributed by atoms with Gasteiger partial charge in [-0.15, -0.1) is 10.2 Å². The molecule has 7 heteroatoms. The number of hydrogen-bond donors (Lipinski definition) is 1. The lowest BCUT2D eigenvalue weighted by molar-refractivity contribution is -0.113. The minimum Gasteiger partial charge on any atom is -0.497 e. The number of rotatable bonds is 8.